The first kappa shape index (κ1) is 20.7. The van der Waals surface area contributed by atoms with E-state index in [2.05, 4.69) is 19.6 Å². The van der Waals surface area contributed by atoms with E-state index in [1.54, 1.807) is 12.1 Å². The summed E-state index contributed by atoms with van der Waals surface area (Å²) in [6.45, 7) is 1.92. The summed E-state index contributed by atoms with van der Waals surface area (Å²) in [5, 5.41) is 5.66. The molecule has 0 atom stereocenters. The Morgan fingerprint density at radius 2 is 1.85 bits per heavy atom. The van der Waals surface area contributed by atoms with Crippen molar-refractivity contribution in [2.24, 2.45) is 0 Å². The van der Waals surface area contributed by atoms with Crippen LogP contribution in [0.25, 0.3) is 11.3 Å². The van der Waals surface area contributed by atoms with Gasteiger partial charge in [-0.1, -0.05) is 34.4 Å². The summed E-state index contributed by atoms with van der Waals surface area (Å²) in [7, 11) is 0. The lowest BCUT2D eigenvalue weighted by Gasteiger charge is -2.02. The average Bonchev–Trinajstić information content (AvgIpc) is 3.07. The molecule has 1 aromatic carbocycles. The van der Waals surface area contributed by atoms with Gasteiger partial charge >= 0.3 is 6.18 Å². The molecule has 6 nitrogen and oxygen atoms in total. The van der Waals surface area contributed by atoms with Crippen molar-refractivity contribution < 1.29 is 22.5 Å². The van der Waals surface area contributed by atoms with Crippen LogP contribution < -0.4 is 5.32 Å². The normalized spacial score (nSPS) is 10.7. The molecular formula is C16H11Cl2F3N4O2. The second-order valence-corrected chi connectivity index (χ2v) is 5.82. The highest BCUT2D eigenvalue weighted by Crippen LogP contribution is 2.29. The zero-order chi connectivity index (χ0) is 20.0. The van der Waals surface area contributed by atoms with E-state index in [-0.39, 0.29) is 12.3 Å². The van der Waals surface area contributed by atoms with E-state index in [1.165, 1.54) is 6.33 Å². The third-order valence-corrected chi connectivity index (χ3v) is 3.76. The number of aromatic nitrogens is 3. The molecule has 0 aliphatic rings. The largest absolute Gasteiger partial charge is 0.436 e. The fraction of sp³-hybridized carbons (Fsp3) is 0.125. The molecule has 3 aromatic rings. The molecule has 3 rings (SSSR count). The van der Waals surface area contributed by atoms with Crippen LogP contribution in [-0.2, 0) is 11.0 Å². The number of carbonyl (C=O) groups is 1. The standard InChI is InChI=1S/C11H8Cl2N2.C5H3F3N2O2/c1-7-4-11(15-6-14-7)8-2-3-9(12)10(13)5-8;6-5(7,8)3-1-4(9-2-11)12-10-3/h2-6H,1H3;1-2H,(H,9,11). The van der Waals surface area contributed by atoms with E-state index in [0.717, 1.165) is 17.0 Å². The number of rotatable bonds is 3. The molecule has 0 saturated heterocycles. The second-order valence-electron chi connectivity index (χ2n) is 5.01. The van der Waals surface area contributed by atoms with Gasteiger partial charge in [-0.05, 0) is 25.1 Å². The van der Waals surface area contributed by atoms with Gasteiger partial charge in [0.2, 0.25) is 12.3 Å². The molecule has 0 aliphatic heterocycles. The van der Waals surface area contributed by atoms with Crippen LogP contribution in [-0.4, -0.2) is 21.5 Å². The molecule has 142 valence electrons. The van der Waals surface area contributed by atoms with Gasteiger partial charge in [0, 0.05) is 17.3 Å². The average molecular weight is 419 g/mol. The Morgan fingerprint density at radius 3 is 2.41 bits per heavy atom. The zero-order valence-electron chi connectivity index (χ0n) is 13.6. The molecule has 0 unspecified atom stereocenters. The summed E-state index contributed by atoms with van der Waals surface area (Å²) in [5.74, 6) is -0.336. The first-order valence-electron chi connectivity index (χ1n) is 7.19. The van der Waals surface area contributed by atoms with Crippen molar-refractivity contribution in [2.75, 3.05) is 5.32 Å². The quantitative estimate of drug-likeness (QED) is 0.603. The van der Waals surface area contributed by atoms with Crippen molar-refractivity contribution in [1.82, 2.24) is 15.1 Å². The van der Waals surface area contributed by atoms with Crippen molar-refractivity contribution in [2.45, 2.75) is 13.1 Å². The third kappa shape index (κ3) is 5.93. The van der Waals surface area contributed by atoms with E-state index in [9.17, 15) is 18.0 Å². The summed E-state index contributed by atoms with van der Waals surface area (Å²) in [6, 6.07) is 7.94. The number of alkyl halides is 3. The van der Waals surface area contributed by atoms with E-state index in [0.29, 0.717) is 16.1 Å². The maximum atomic E-state index is 11.8. The van der Waals surface area contributed by atoms with Crippen LogP contribution in [0, 0.1) is 6.92 Å². The molecule has 27 heavy (non-hydrogen) atoms. The lowest BCUT2D eigenvalue weighted by Crippen LogP contribution is -2.04. The van der Waals surface area contributed by atoms with Crippen molar-refractivity contribution in [3.63, 3.8) is 0 Å². The van der Waals surface area contributed by atoms with Crippen LogP contribution in [0.3, 0.4) is 0 Å². The molecule has 11 heteroatoms. The van der Waals surface area contributed by atoms with E-state index in [1.807, 2.05) is 24.4 Å². The number of hydrogen-bond acceptors (Lipinski definition) is 5. The monoisotopic (exact) mass is 418 g/mol. The highest BCUT2D eigenvalue weighted by Gasteiger charge is 2.34. The zero-order valence-corrected chi connectivity index (χ0v) is 15.1. The van der Waals surface area contributed by atoms with Crippen molar-refractivity contribution in [3.8, 4) is 11.3 Å². The predicted molar refractivity (Wildman–Crippen MR) is 93.4 cm³/mol. The number of carbonyl (C=O) groups excluding carboxylic acids is 1. The molecule has 0 fully saturated rings. The third-order valence-electron chi connectivity index (χ3n) is 3.02. The first-order valence-corrected chi connectivity index (χ1v) is 7.94. The summed E-state index contributed by atoms with van der Waals surface area (Å²) in [4.78, 5) is 18.0. The molecule has 2 heterocycles. The number of amides is 1. The number of anilines is 1. The molecule has 1 N–H and O–H groups in total. The summed E-state index contributed by atoms with van der Waals surface area (Å²) in [6.07, 6.45) is -2.82. The second kappa shape index (κ2) is 8.83. The fourth-order valence-corrected chi connectivity index (χ4v) is 2.10. The van der Waals surface area contributed by atoms with Crippen LogP contribution in [0.2, 0.25) is 10.0 Å². The topological polar surface area (TPSA) is 80.9 Å². The Balaban J connectivity index is 0.000000199. The number of benzene rings is 1. The van der Waals surface area contributed by atoms with E-state index in [4.69, 9.17) is 23.2 Å². The minimum atomic E-state index is -4.55. The van der Waals surface area contributed by atoms with Crippen LogP contribution >= 0.6 is 23.2 Å². The number of nitrogens with one attached hydrogen (secondary N) is 1. The van der Waals surface area contributed by atoms with Gasteiger partial charge in [0.15, 0.2) is 5.69 Å². The fourth-order valence-electron chi connectivity index (χ4n) is 1.80. The predicted octanol–water partition coefficient (Wildman–Crippen LogP) is 5.02. The van der Waals surface area contributed by atoms with Crippen LogP contribution in [0.5, 0.6) is 0 Å². The van der Waals surface area contributed by atoms with Gasteiger partial charge in [-0.2, -0.15) is 13.2 Å². The van der Waals surface area contributed by atoms with Gasteiger partial charge in [0.25, 0.3) is 0 Å². The Bertz CT molecular complexity index is 932. The molecule has 0 saturated carbocycles. The number of aryl methyl sites for hydroxylation is 1. The number of hydrogen-bond donors (Lipinski definition) is 1. The Labute approximate surface area is 161 Å². The molecule has 0 aliphatic carbocycles. The Morgan fingerprint density at radius 1 is 1.11 bits per heavy atom. The minimum absolute atomic E-state index is 0.195. The number of nitrogens with zero attached hydrogens (tertiary/aromatic N) is 3. The molecule has 0 spiro atoms. The lowest BCUT2D eigenvalue weighted by molar-refractivity contribution is -0.142. The molecule has 1 amide bonds. The van der Waals surface area contributed by atoms with Crippen LogP contribution in [0.4, 0.5) is 19.1 Å². The van der Waals surface area contributed by atoms with E-state index >= 15 is 0 Å². The minimum Gasteiger partial charge on any atom is -0.338 e. The maximum absolute atomic E-state index is 11.8. The maximum Gasteiger partial charge on any atom is 0.436 e. The van der Waals surface area contributed by atoms with Gasteiger partial charge in [-0.3, -0.25) is 10.1 Å². The molecule has 0 bridgehead atoms. The van der Waals surface area contributed by atoms with Crippen LogP contribution in [0.1, 0.15) is 11.4 Å². The van der Waals surface area contributed by atoms with Gasteiger partial charge in [0.1, 0.15) is 6.33 Å². The Hall–Kier alpha value is -2.65. The van der Waals surface area contributed by atoms with Gasteiger partial charge in [-0.15, -0.1) is 0 Å². The van der Waals surface area contributed by atoms with E-state index < -0.39 is 11.9 Å². The summed E-state index contributed by atoms with van der Waals surface area (Å²) >= 11 is 11.8. The molecular weight excluding hydrogens is 408 g/mol. The first-order chi connectivity index (χ1) is 12.7. The smallest absolute Gasteiger partial charge is 0.338 e. The van der Waals surface area contributed by atoms with Crippen LogP contribution in [0.15, 0.2) is 41.2 Å². The van der Waals surface area contributed by atoms with Crippen molar-refractivity contribution in [1.29, 1.82) is 0 Å². The molecule has 0 radical (unpaired) electrons. The highest BCUT2D eigenvalue weighted by atomic mass is 35.5. The Kier molecular flexibility index (Phi) is 6.75. The number of halogens is 5. The van der Waals surface area contributed by atoms with Crippen molar-refractivity contribution in [3.05, 3.63) is 58.1 Å². The van der Waals surface area contributed by atoms with Gasteiger partial charge < -0.3 is 4.52 Å². The highest BCUT2D eigenvalue weighted by molar-refractivity contribution is 6.42. The summed E-state index contributed by atoms with van der Waals surface area (Å²) in [5.41, 5.74) is 1.54. The molecule has 2 aromatic heterocycles. The van der Waals surface area contributed by atoms with Gasteiger partial charge in [-0.25, -0.2) is 9.97 Å². The van der Waals surface area contributed by atoms with Gasteiger partial charge in [0.05, 0.1) is 15.7 Å². The lowest BCUT2D eigenvalue weighted by atomic mass is 10.1. The summed E-state index contributed by atoms with van der Waals surface area (Å²) < 4.78 is 39.5. The SMILES string of the molecule is Cc1cc(-c2ccc(Cl)c(Cl)c2)ncn1.O=CNc1cc(C(F)(F)F)no1. The van der Waals surface area contributed by atoms with Crippen molar-refractivity contribution >= 4 is 35.5 Å².